The van der Waals surface area contributed by atoms with E-state index in [4.69, 9.17) is 10.5 Å². The van der Waals surface area contributed by atoms with E-state index in [0.29, 0.717) is 6.61 Å². The lowest BCUT2D eigenvalue weighted by Crippen LogP contribution is -2.31. The maximum absolute atomic E-state index is 11.0. The van der Waals surface area contributed by atoms with Crippen molar-refractivity contribution in [3.05, 3.63) is 0 Å². The summed E-state index contributed by atoms with van der Waals surface area (Å²) in [4.78, 5) is 11.0. The molecular formula is C14H27NO2. The van der Waals surface area contributed by atoms with Gasteiger partial charge in [-0.05, 0) is 12.8 Å². The van der Waals surface area contributed by atoms with E-state index in [2.05, 4.69) is 6.92 Å². The average Bonchev–Trinajstić information content (AvgIpc) is 3.08. The molecule has 1 aliphatic heterocycles. The van der Waals surface area contributed by atoms with Gasteiger partial charge in [0.15, 0.2) is 5.60 Å². The van der Waals surface area contributed by atoms with Crippen LogP contribution in [0.15, 0.2) is 0 Å². The van der Waals surface area contributed by atoms with Crippen molar-refractivity contribution in [3.63, 3.8) is 0 Å². The second-order valence-electron chi connectivity index (χ2n) is 5.23. The fourth-order valence-electron chi connectivity index (χ4n) is 2.22. The van der Waals surface area contributed by atoms with Gasteiger partial charge < -0.3 is 10.5 Å². The van der Waals surface area contributed by atoms with Crippen molar-refractivity contribution in [3.8, 4) is 0 Å². The number of rotatable bonds is 11. The van der Waals surface area contributed by atoms with Gasteiger partial charge in [-0.2, -0.15) is 0 Å². The number of unbranched alkanes of at least 4 members (excludes halogenated alkanes) is 8. The van der Waals surface area contributed by atoms with Crippen LogP contribution in [0, 0.1) is 0 Å². The van der Waals surface area contributed by atoms with Crippen molar-refractivity contribution in [2.75, 3.05) is 6.61 Å². The number of ether oxygens (including phenoxy) is 1. The van der Waals surface area contributed by atoms with Crippen molar-refractivity contribution >= 4 is 5.91 Å². The van der Waals surface area contributed by atoms with Gasteiger partial charge in [0, 0.05) is 0 Å². The zero-order chi connectivity index (χ0) is 12.6. The highest BCUT2D eigenvalue weighted by molar-refractivity contribution is 5.85. The molecule has 2 N–H and O–H groups in total. The van der Waals surface area contributed by atoms with Crippen molar-refractivity contribution in [2.45, 2.75) is 76.7 Å². The van der Waals surface area contributed by atoms with Gasteiger partial charge in [0.05, 0.1) is 6.61 Å². The van der Waals surface area contributed by atoms with E-state index in [-0.39, 0.29) is 5.91 Å². The van der Waals surface area contributed by atoms with Gasteiger partial charge >= 0.3 is 0 Å². The molecule has 1 rings (SSSR count). The Bertz CT molecular complexity index is 224. The number of carbonyl (C=O) groups is 1. The molecule has 0 aromatic rings. The number of carbonyl (C=O) groups excluding carboxylic acids is 1. The van der Waals surface area contributed by atoms with Gasteiger partial charge in [-0.25, -0.2) is 0 Å². The standard InChI is InChI=1S/C14H27NO2/c1-2-3-4-5-6-7-8-9-10-11-14(12-17-14)13(15)16/h2-12H2,1H3,(H2,15,16). The van der Waals surface area contributed by atoms with Crippen molar-refractivity contribution in [1.82, 2.24) is 0 Å². The van der Waals surface area contributed by atoms with Crippen molar-refractivity contribution in [1.29, 1.82) is 0 Å². The Labute approximate surface area is 105 Å². The Balaban J connectivity index is 1.83. The maximum Gasteiger partial charge on any atom is 0.252 e. The molecule has 1 heterocycles. The molecule has 0 bridgehead atoms. The Morgan fingerprint density at radius 2 is 1.53 bits per heavy atom. The van der Waals surface area contributed by atoms with Gasteiger partial charge in [-0.1, -0.05) is 58.3 Å². The van der Waals surface area contributed by atoms with Crippen LogP contribution >= 0.6 is 0 Å². The summed E-state index contributed by atoms with van der Waals surface area (Å²) >= 11 is 0. The first-order chi connectivity index (χ1) is 8.21. The van der Waals surface area contributed by atoms with Crippen LogP contribution in [0.4, 0.5) is 0 Å². The molecular weight excluding hydrogens is 214 g/mol. The monoisotopic (exact) mass is 241 g/mol. The van der Waals surface area contributed by atoms with E-state index in [0.717, 1.165) is 12.8 Å². The molecule has 100 valence electrons. The number of hydrogen-bond acceptors (Lipinski definition) is 2. The molecule has 17 heavy (non-hydrogen) atoms. The Morgan fingerprint density at radius 3 is 1.94 bits per heavy atom. The highest BCUT2D eigenvalue weighted by Crippen LogP contribution is 2.32. The van der Waals surface area contributed by atoms with Crippen LogP contribution in [0.1, 0.15) is 71.1 Å². The zero-order valence-corrected chi connectivity index (χ0v) is 11.2. The van der Waals surface area contributed by atoms with Gasteiger partial charge in [-0.15, -0.1) is 0 Å². The molecule has 0 saturated carbocycles. The molecule has 1 aliphatic rings. The summed E-state index contributed by atoms with van der Waals surface area (Å²) in [5.41, 5.74) is 4.71. The molecule has 0 aliphatic carbocycles. The highest BCUT2D eigenvalue weighted by Gasteiger charge is 2.49. The molecule has 1 fully saturated rings. The molecule has 0 spiro atoms. The number of epoxide rings is 1. The topological polar surface area (TPSA) is 55.6 Å². The molecule has 1 amide bonds. The normalized spacial score (nSPS) is 22.6. The maximum atomic E-state index is 11.0. The fourth-order valence-corrected chi connectivity index (χ4v) is 2.22. The third kappa shape index (κ3) is 5.53. The molecule has 0 aromatic heterocycles. The SMILES string of the molecule is CCCCCCCCCCCC1(C(N)=O)CO1. The first-order valence-electron chi connectivity index (χ1n) is 7.15. The Kier molecular flexibility index (Phi) is 6.56. The summed E-state index contributed by atoms with van der Waals surface area (Å²) in [6.45, 7) is 2.79. The summed E-state index contributed by atoms with van der Waals surface area (Å²) < 4.78 is 5.16. The third-order valence-corrected chi connectivity index (χ3v) is 3.63. The lowest BCUT2D eigenvalue weighted by atomic mass is 10.00. The number of primary amides is 1. The van der Waals surface area contributed by atoms with Crippen molar-refractivity contribution < 1.29 is 9.53 Å². The van der Waals surface area contributed by atoms with Crippen molar-refractivity contribution in [2.24, 2.45) is 5.73 Å². The number of amides is 1. The molecule has 0 radical (unpaired) electrons. The smallest absolute Gasteiger partial charge is 0.252 e. The zero-order valence-electron chi connectivity index (χ0n) is 11.2. The van der Waals surface area contributed by atoms with E-state index in [9.17, 15) is 4.79 Å². The average molecular weight is 241 g/mol. The van der Waals surface area contributed by atoms with E-state index in [1.165, 1.54) is 51.4 Å². The Morgan fingerprint density at radius 1 is 1.06 bits per heavy atom. The minimum Gasteiger partial charge on any atom is -0.367 e. The lowest BCUT2D eigenvalue weighted by Gasteiger charge is -2.06. The van der Waals surface area contributed by atoms with E-state index in [1.807, 2.05) is 0 Å². The van der Waals surface area contributed by atoms with Crippen LogP contribution < -0.4 is 5.73 Å². The molecule has 3 heteroatoms. The predicted octanol–water partition coefficient (Wildman–Crippen LogP) is 3.16. The largest absolute Gasteiger partial charge is 0.367 e. The number of nitrogens with two attached hydrogens (primary N) is 1. The molecule has 0 aromatic carbocycles. The van der Waals surface area contributed by atoms with Crippen LogP contribution in [-0.2, 0) is 9.53 Å². The molecule has 1 saturated heterocycles. The summed E-state index contributed by atoms with van der Waals surface area (Å²) in [5.74, 6) is -0.280. The minimum atomic E-state index is -0.568. The van der Waals surface area contributed by atoms with Gasteiger partial charge in [-0.3, -0.25) is 4.79 Å². The summed E-state index contributed by atoms with van der Waals surface area (Å²) in [5, 5.41) is 0. The summed E-state index contributed by atoms with van der Waals surface area (Å²) in [6.07, 6.45) is 12.5. The van der Waals surface area contributed by atoms with Gasteiger partial charge in [0.1, 0.15) is 0 Å². The van der Waals surface area contributed by atoms with E-state index in [1.54, 1.807) is 0 Å². The summed E-state index contributed by atoms with van der Waals surface area (Å²) in [7, 11) is 0. The molecule has 1 atom stereocenters. The van der Waals surface area contributed by atoms with E-state index < -0.39 is 5.60 Å². The summed E-state index contributed by atoms with van der Waals surface area (Å²) in [6, 6.07) is 0. The first-order valence-corrected chi connectivity index (χ1v) is 7.15. The van der Waals surface area contributed by atoms with Gasteiger partial charge in [0.2, 0.25) is 0 Å². The number of hydrogen-bond donors (Lipinski definition) is 1. The lowest BCUT2D eigenvalue weighted by molar-refractivity contribution is -0.123. The van der Waals surface area contributed by atoms with Crippen LogP contribution in [0.25, 0.3) is 0 Å². The van der Waals surface area contributed by atoms with Crippen LogP contribution in [0.3, 0.4) is 0 Å². The highest BCUT2D eigenvalue weighted by atomic mass is 16.6. The first kappa shape index (κ1) is 14.5. The quantitative estimate of drug-likeness (QED) is 0.446. The van der Waals surface area contributed by atoms with Crippen LogP contribution in [0.5, 0.6) is 0 Å². The molecule has 1 unspecified atom stereocenters. The minimum absolute atomic E-state index is 0.280. The fraction of sp³-hybridized carbons (Fsp3) is 0.929. The third-order valence-electron chi connectivity index (χ3n) is 3.63. The van der Waals surface area contributed by atoms with Crippen LogP contribution in [0.2, 0.25) is 0 Å². The molecule has 3 nitrogen and oxygen atoms in total. The van der Waals surface area contributed by atoms with Gasteiger partial charge in [0.25, 0.3) is 5.91 Å². The van der Waals surface area contributed by atoms with Crippen LogP contribution in [-0.4, -0.2) is 18.1 Å². The Hall–Kier alpha value is -0.570. The van der Waals surface area contributed by atoms with E-state index >= 15 is 0 Å². The second-order valence-corrected chi connectivity index (χ2v) is 5.23. The predicted molar refractivity (Wildman–Crippen MR) is 69.7 cm³/mol. The second kappa shape index (κ2) is 7.70.